The molecule has 1 amide bonds. The zero-order chi connectivity index (χ0) is 23.2. The van der Waals surface area contributed by atoms with Crippen molar-refractivity contribution in [2.45, 2.75) is 60.8 Å². The molecule has 0 saturated heterocycles. The van der Waals surface area contributed by atoms with E-state index in [4.69, 9.17) is 0 Å². The molecule has 2 aromatic carbocycles. The summed E-state index contributed by atoms with van der Waals surface area (Å²) in [4.78, 5) is 12.4. The van der Waals surface area contributed by atoms with Gasteiger partial charge < -0.3 is 5.32 Å². The van der Waals surface area contributed by atoms with Crippen molar-refractivity contribution < 1.29 is 4.79 Å². The Morgan fingerprint density at radius 3 is 2.53 bits per heavy atom. The molecule has 0 fully saturated rings. The average molecular weight is 426 g/mol. The van der Waals surface area contributed by atoms with Gasteiger partial charge in [-0.2, -0.15) is 0 Å². The summed E-state index contributed by atoms with van der Waals surface area (Å²) in [6, 6.07) is 13.4. The fraction of sp³-hybridized carbons (Fsp3) is 0.367. The molecule has 2 heteroatoms. The molecule has 2 aromatic rings. The van der Waals surface area contributed by atoms with Crippen LogP contribution in [0.5, 0.6) is 0 Å². The highest BCUT2D eigenvalue weighted by molar-refractivity contribution is 5.93. The number of hydrogen-bond acceptors (Lipinski definition) is 1. The highest BCUT2D eigenvalue weighted by atomic mass is 16.2. The van der Waals surface area contributed by atoms with Crippen molar-refractivity contribution in [3.05, 3.63) is 93.2 Å². The van der Waals surface area contributed by atoms with E-state index in [0.29, 0.717) is 11.8 Å². The van der Waals surface area contributed by atoms with Gasteiger partial charge >= 0.3 is 0 Å². The molecule has 32 heavy (non-hydrogen) atoms. The maximum Gasteiger partial charge on any atom is 0.234 e. The van der Waals surface area contributed by atoms with E-state index in [1.807, 2.05) is 13.8 Å². The number of rotatable bonds is 4. The Labute approximate surface area is 193 Å². The molecule has 1 N–H and O–H groups in total. The van der Waals surface area contributed by atoms with Crippen LogP contribution in [-0.4, -0.2) is 5.91 Å². The molecule has 0 radical (unpaired) electrons. The molecule has 2 nitrogen and oxygen atoms in total. The maximum atomic E-state index is 12.4. The fourth-order valence-corrected chi connectivity index (χ4v) is 4.97. The van der Waals surface area contributed by atoms with E-state index in [2.05, 4.69) is 94.6 Å². The van der Waals surface area contributed by atoms with Gasteiger partial charge in [0.2, 0.25) is 5.91 Å². The van der Waals surface area contributed by atoms with Crippen LogP contribution in [0.1, 0.15) is 73.4 Å². The van der Waals surface area contributed by atoms with Gasteiger partial charge in [-0.1, -0.05) is 68.0 Å². The van der Waals surface area contributed by atoms with Crippen molar-refractivity contribution in [2.24, 2.45) is 11.3 Å². The monoisotopic (exact) mass is 425 g/mol. The van der Waals surface area contributed by atoms with Gasteiger partial charge in [0.15, 0.2) is 0 Å². The zero-order valence-electron chi connectivity index (χ0n) is 20.5. The Morgan fingerprint density at radius 1 is 1.06 bits per heavy atom. The summed E-state index contributed by atoms with van der Waals surface area (Å²) < 4.78 is 0. The third-order valence-corrected chi connectivity index (χ3v) is 7.27. The van der Waals surface area contributed by atoms with E-state index in [-0.39, 0.29) is 5.91 Å². The van der Waals surface area contributed by atoms with Gasteiger partial charge in [-0.15, -0.1) is 0 Å². The van der Waals surface area contributed by atoms with Gasteiger partial charge in [0.05, 0.1) is 5.41 Å². The number of amides is 1. The number of hydrogen-bond donors (Lipinski definition) is 1. The largest absolute Gasteiger partial charge is 0.329 e. The highest BCUT2D eigenvalue weighted by Crippen LogP contribution is 2.44. The Morgan fingerprint density at radius 2 is 1.78 bits per heavy atom. The molecular weight excluding hydrogens is 390 g/mol. The third kappa shape index (κ3) is 3.99. The predicted molar refractivity (Wildman–Crippen MR) is 135 cm³/mol. The van der Waals surface area contributed by atoms with E-state index in [1.54, 1.807) is 0 Å². The summed E-state index contributed by atoms with van der Waals surface area (Å²) in [5.41, 5.74) is 10.9. The molecule has 1 aliphatic carbocycles. The van der Waals surface area contributed by atoms with Crippen molar-refractivity contribution in [2.75, 3.05) is 0 Å². The van der Waals surface area contributed by atoms with E-state index in [0.717, 1.165) is 17.7 Å². The number of carbonyl (C=O) groups excluding carboxylic acids is 1. The fourth-order valence-electron chi connectivity index (χ4n) is 4.97. The first kappa shape index (κ1) is 22.3. The molecule has 1 aliphatic heterocycles. The van der Waals surface area contributed by atoms with Crippen LogP contribution in [0.4, 0.5) is 0 Å². The van der Waals surface area contributed by atoms with Gasteiger partial charge in [-0.25, -0.2) is 0 Å². The summed E-state index contributed by atoms with van der Waals surface area (Å²) in [6.07, 6.45) is 7.74. The molecule has 0 spiro atoms. The third-order valence-electron chi connectivity index (χ3n) is 7.27. The lowest BCUT2D eigenvalue weighted by Gasteiger charge is -2.26. The summed E-state index contributed by atoms with van der Waals surface area (Å²) in [5, 5.41) is 3.11. The van der Waals surface area contributed by atoms with Crippen LogP contribution in [0, 0.1) is 32.1 Å². The van der Waals surface area contributed by atoms with Crippen molar-refractivity contribution in [1.82, 2.24) is 5.32 Å². The first-order chi connectivity index (χ1) is 15.1. The molecule has 2 atom stereocenters. The first-order valence-corrected chi connectivity index (χ1v) is 11.7. The molecule has 2 aliphatic rings. The number of benzene rings is 2. The molecule has 4 rings (SSSR count). The maximum absolute atomic E-state index is 12.4. The molecule has 1 unspecified atom stereocenters. The zero-order valence-corrected chi connectivity index (χ0v) is 20.5. The highest BCUT2D eigenvalue weighted by Gasteiger charge is 2.41. The Bertz CT molecular complexity index is 1180. The molecule has 0 saturated carbocycles. The molecular formula is C30H35NO. The van der Waals surface area contributed by atoms with Gasteiger partial charge in [0, 0.05) is 5.70 Å². The minimum atomic E-state index is -0.463. The van der Waals surface area contributed by atoms with Gasteiger partial charge in [0.25, 0.3) is 0 Å². The normalized spacial score (nSPS) is 20.9. The second-order valence-corrected chi connectivity index (χ2v) is 10.3. The summed E-state index contributed by atoms with van der Waals surface area (Å²) in [5.74, 6) is 0.839. The Balaban J connectivity index is 1.66. The van der Waals surface area contributed by atoms with E-state index in [1.165, 1.54) is 39.0 Å². The van der Waals surface area contributed by atoms with E-state index < -0.39 is 5.41 Å². The quantitative estimate of drug-likeness (QED) is 0.548. The summed E-state index contributed by atoms with van der Waals surface area (Å²) in [6.45, 7) is 15.1. The van der Waals surface area contributed by atoms with E-state index in [9.17, 15) is 4.79 Å². The minimum absolute atomic E-state index is 0.111. The molecule has 0 aromatic heterocycles. The molecule has 1 heterocycles. The number of nitrogens with one attached hydrogen (secondary N) is 1. The average Bonchev–Trinajstić information content (AvgIpc) is 2.96. The van der Waals surface area contributed by atoms with Crippen molar-refractivity contribution in [3.8, 4) is 0 Å². The van der Waals surface area contributed by atoms with Crippen LogP contribution in [0.3, 0.4) is 0 Å². The number of aryl methyl sites for hydroxylation is 3. The second kappa shape index (κ2) is 8.24. The minimum Gasteiger partial charge on any atom is -0.329 e. The van der Waals surface area contributed by atoms with Crippen LogP contribution in [0.25, 0.3) is 11.6 Å². The first-order valence-electron chi connectivity index (χ1n) is 11.7. The number of allylic oxidation sites excluding steroid dienone is 4. The SMILES string of the molecule is Cc1ccc(C)c([C@@H](C)/C=C\c2cc(C3=CC4=C(CC3C)NC(=O)C4(C)C)ccc2C)c1. The van der Waals surface area contributed by atoms with Crippen LogP contribution in [-0.2, 0) is 4.79 Å². The Kier molecular flexibility index (Phi) is 5.75. The number of carbonyl (C=O) groups is 1. The van der Waals surface area contributed by atoms with Crippen LogP contribution >= 0.6 is 0 Å². The lowest BCUT2D eigenvalue weighted by atomic mass is 9.76. The van der Waals surface area contributed by atoms with Gasteiger partial charge in [0.1, 0.15) is 0 Å². The summed E-state index contributed by atoms with van der Waals surface area (Å²) >= 11 is 0. The van der Waals surface area contributed by atoms with Crippen molar-refractivity contribution in [1.29, 1.82) is 0 Å². The van der Waals surface area contributed by atoms with Crippen molar-refractivity contribution in [3.63, 3.8) is 0 Å². The van der Waals surface area contributed by atoms with Gasteiger partial charge in [-0.05, 0) is 97.9 Å². The standard InChI is InChI=1S/C30H35NO/c1-18-8-9-20(3)25(14-18)21(4)11-12-23-16-24(13-10-19(23)2)26-17-27-28(15-22(26)5)31-29(32)30(27,6)7/h8-14,16-17,21-22H,15H2,1-7H3,(H,31,32)/b12-11-/t21-,22?/m0/s1. The van der Waals surface area contributed by atoms with E-state index >= 15 is 0 Å². The molecule has 0 bridgehead atoms. The van der Waals surface area contributed by atoms with Crippen LogP contribution in [0.2, 0.25) is 0 Å². The lowest BCUT2D eigenvalue weighted by Crippen LogP contribution is -2.28. The lowest BCUT2D eigenvalue weighted by molar-refractivity contribution is -0.125. The Hall–Kier alpha value is -2.87. The topological polar surface area (TPSA) is 29.1 Å². The second-order valence-electron chi connectivity index (χ2n) is 10.3. The van der Waals surface area contributed by atoms with Crippen LogP contribution in [0.15, 0.2) is 59.8 Å². The van der Waals surface area contributed by atoms with Crippen molar-refractivity contribution >= 4 is 17.6 Å². The molecule has 166 valence electrons. The summed E-state index contributed by atoms with van der Waals surface area (Å²) in [7, 11) is 0. The predicted octanol–water partition coefficient (Wildman–Crippen LogP) is 7.26. The van der Waals surface area contributed by atoms with Gasteiger partial charge in [-0.3, -0.25) is 4.79 Å². The smallest absolute Gasteiger partial charge is 0.234 e. The van der Waals surface area contributed by atoms with Crippen LogP contribution < -0.4 is 5.32 Å².